The first kappa shape index (κ1) is 13.9. The summed E-state index contributed by atoms with van der Waals surface area (Å²) in [6, 6.07) is 2.82. The van der Waals surface area contributed by atoms with Gasteiger partial charge in [-0.15, -0.1) is 0 Å². The Hall–Kier alpha value is -2.51. The minimum Gasteiger partial charge on any atom is -0.364 e. The van der Waals surface area contributed by atoms with E-state index in [1.54, 1.807) is 0 Å². The lowest BCUT2D eigenvalue weighted by molar-refractivity contribution is -0.140. The van der Waals surface area contributed by atoms with Crippen LogP contribution in [0.3, 0.4) is 0 Å². The Labute approximate surface area is 111 Å². The van der Waals surface area contributed by atoms with Gasteiger partial charge in [0.25, 0.3) is 5.91 Å². The molecule has 0 spiro atoms. The number of nitrogens with two attached hydrogens (primary N) is 1. The molecule has 2 heterocycles. The molecule has 0 saturated heterocycles. The van der Waals surface area contributed by atoms with Crippen molar-refractivity contribution in [1.82, 2.24) is 15.0 Å². The van der Waals surface area contributed by atoms with Crippen LogP contribution >= 0.6 is 0 Å². The highest BCUT2D eigenvalue weighted by molar-refractivity contribution is 5.98. The first-order valence-corrected chi connectivity index (χ1v) is 5.46. The van der Waals surface area contributed by atoms with Crippen LogP contribution in [0.4, 0.5) is 13.2 Å². The predicted octanol–water partition coefficient (Wildman–Crippen LogP) is 1.96. The number of alkyl halides is 3. The fourth-order valence-electron chi connectivity index (χ4n) is 1.74. The summed E-state index contributed by atoms with van der Waals surface area (Å²) in [5.74, 6) is -1.24. The van der Waals surface area contributed by atoms with E-state index in [1.807, 2.05) is 0 Å². The average molecular weight is 282 g/mol. The fraction of sp³-hybridized carbons (Fsp3) is 0.167. The zero-order chi connectivity index (χ0) is 14.9. The molecule has 0 radical (unpaired) electrons. The first-order chi connectivity index (χ1) is 9.30. The zero-order valence-electron chi connectivity index (χ0n) is 10.3. The number of hydrogen-bond acceptors (Lipinski definition) is 4. The van der Waals surface area contributed by atoms with Crippen molar-refractivity contribution < 1.29 is 18.0 Å². The Morgan fingerprint density at radius 1 is 1.30 bits per heavy atom. The van der Waals surface area contributed by atoms with E-state index in [0.717, 1.165) is 0 Å². The van der Waals surface area contributed by atoms with E-state index >= 15 is 0 Å². The second-order valence-corrected chi connectivity index (χ2v) is 3.95. The average Bonchev–Trinajstić information content (AvgIpc) is 2.37. The number of rotatable bonds is 2. The zero-order valence-corrected chi connectivity index (χ0v) is 10.3. The Morgan fingerprint density at radius 2 is 2.00 bits per heavy atom. The molecule has 0 unspecified atom stereocenters. The van der Waals surface area contributed by atoms with Crippen LogP contribution in [0.2, 0.25) is 0 Å². The van der Waals surface area contributed by atoms with Crippen LogP contribution in [-0.4, -0.2) is 20.9 Å². The molecular weight excluding hydrogens is 273 g/mol. The molecule has 0 atom stereocenters. The molecule has 1 amide bonds. The minimum absolute atomic E-state index is 0.0774. The van der Waals surface area contributed by atoms with E-state index in [4.69, 9.17) is 5.73 Å². The van der Waals surface area contributed by atoms with Crippen LogP contribution in [0.1, 0.15) is 22.0 Å². The maximum Gasteiger partial charge on any atom is 0.434 e. The lowest BCUT2D eigenvalue weighted by atomic mass is 10.0. The lowest BCUT2D eigenvalue weighted by Crippen LogP contribution is -2.21. The van der Waals surface area contributed by atoms with Crippen molar-refractivity contribution in [2.45, 2.75) is 13.1 Å². The number of aryl methyl sites for hydroxylation is 1. The topological polar surface area (TPSA) is 81.8 Å². The summed E-state index contributed by atoms with van der Waals surface area (Å²) < 4.78 is 39.3. The van der Waals surface area contributed by atoms with Gasteiger partial charge in [-0.25, -0.2) is 9.97 Å². The largest absolute Gasteiger partial charge is 0.434 e. The van der Waals surface area contributed by atoms with Gasteiger partial charge in [0.15, 0.2) is 5.69 Å². The predicted molar refractivity (Wildman–Crippen MR) is 63.5 cm³/mol. The van der Waals surface area contributed by atoms with Crippen molar-refractivity contribution in [3.05, 3.63) is 41.7 Å². The molecule has 0 aliphatic heterocycles. The van der Waals surface area contributed by atoms with Gasteiger partial charge in [0.2, 0.25) is 0 Å². The third-order valence-corrected chi connectivity index (χ3v) is 2.47. The van der Waals surface area contributed by atoms with Crippen LogP contribution in [0.15, 0.2) is 24.5 Å². The summed E-state index contributed by atoms with van der Waals surface area (Å²) >= 11 is 0. The third-order valence-electron chi connectivity index (χ3n) is 2.47. The molecule has 0 bridgehead atoms. The van der Waals surface area contributed by atoms with Crippen molar-refractivity contribution in [3.8, 4) is 11.1 Å². The number of halogens is 3. The SMILES string of the molecule is Cc1nc(C(N)=O)c(-c2cccnc2)c(C(F)(F)F)n1. The van der Waals surface area contributed by atoms with Crippen molar-refractivity contribution in [3.63, 3.8) is 0 Å². The number of amides is 1. The third kappa shape index (κ3) is 2.58. The first-order valence-electron chi connectivity index (χ1n) is 5.46. The molecule has 2 aromatic rings. The molecule has 0 fully saturated rings. The fourth-order valence-corrected chi connectivity index (χ4v) is 1.74. The lowest BCUT2D eigenvalue weighted by Gasteiger charge is -2.14. The Kier molecular flexibility index (Phi) is 3.39. The molecule has 0 saturated carbocycles. The molecule has 104 valence electrons. The molecule has 2 aromatic heterocycles. The van der Waals surface area contributed by atoms with Crippen LogP contribution in [0.25, 0.3) is 11.1 Å². The molecule has 8 heteroatoms. The van der Waals surface area contributed by atoms with Crippen molar-refractivity contribution in [2.24, 2.45) is 5.73 Å². The number of hydrogen-bond donors (Lipinski definition) is 1. The van der Waals surface area contributed by atoms with E-state index in [9.17, 15) is 18.0 Å². The normalized spacial score (nSPS) is 11.4. The highest BCUT2D eigenvalue weighted by atomic mass is 19.4. The number of carbonyl (C=O) groups excluding carboxylic acids is 1. The summed E-state index contributed by atoms with van der Waals surface area (Å²) in [6.07, 6.45) is -2.14. The van der Waals surface area contributed by atoms with E-state index in [1.165, 1.54) is 31.5 Å². The van der Waals surface area contributed by atoms with Crippen LogP contribution in [0.5, 0.6) is 0 Å². The van der Waals surface area contributed by atoms with Gasteiger partial charge in [-0.3, -0.25) is 9.78 Å². The number of carbonyl (C=O) groups is 1. The quantitative estimate of drug-likeness (QED) is 0.912. The van der Waals surface area contributed by atoms with E-state index in [0.29, 0.717) is 0 Å². The monoisotopic (exact) mass is 282 g/mol. The van der Waals surface area contributed by atoms with Crippen LogP contribution < -0.4 is 5.73 Å². The van der Waals surface area contributed by atoms with E-state index in [2.05, 4.69) is 15.0 Å². The molecule has 5 nitrogen and oxygen atoms in total. The summed E-state index contributed by atoms with van der Waals surface area (Å²) in [5.41, 5.74) is 3.06. The van der Waals surface area contributed by atoms with Gasteiger partial charge in [-0.05, 0) is 13.0 Å². The highest BCUT2D eigenvalue weighted by Gasteiger charge is 2.38. The van der Waals surface area contributed by atoms with Gasteiger partial charge < -0.3 is 5.73 Å². The molecule has 0 aliphatic carbocycles. The van der Waals surface area contributed by atoms with Crippen molar-refractivity contribution in [2.75, 3.05) is 0 Å². The molecule has 2 N–H and O–H groups in total. The molecule has 20 heavy (non-hydrogen) atoms. The standard InChI is InChI=1S/C12H9F3N4O/c1-6-18-9(11(16)20)8(7-3-2-4-17-5-7)10(19-6)12(13,14)15/h2-5H,1H3,(H2,16,20). The minimum atomic E-state index is -4.73. The molecule has 0 aliphatic rings. The summed E-state index contributed by atoms with van der Waals surface area (Å²) in [4.78, 5) is 22.2. The smallest absolute Gasteiger partial charge is 0.364 e. The number of nitrogens with zero attached hydrogens (tertiary/aromatic N) is 3. The molecular formula is C12H9F3N4O. The summed E-state index contributed by atoms with van der Waals surface area (Å²) in [7, 11) is 0. The van der Waals surface area contributed by atoms with E-state index in [-0.39, 0.29) is 11.4 Å². The highest BCUT2D eigenvalue weighted by Crippen LogP contribution is 2.36. The molecule has 2 rings (SSSR count). The van der Waals surface area contributed by atoms with Gasteiger partial charge in [0.1, 0.15) is 11.5 Å². The summed E-state index contributed by atoms with van der Waals surface area (Å²) in [6.45, 7) is 1.26. The van der Waals surface area contributed by atoms with Gasteiger partial charge in [0.05, 0.1) is 0 Å². The summed E-state index contributed by atoms with van der Waals surface area (Å²) in [5, 5.41) is 0. The Bertz CT molecular complexity index is 656. The second-order valence-electron chi connectivity index (χ2n) is 3.95. The number of aromatic nitrogens is 3. The van der Waals surface area contributed by atoms with Crippen molar-refractivity contribution >= 4 is 5.91 Å². The Morgan fingerprint density at radius 3 is 2.50 bits per heavy atom. The van der Waals surface area contributed by atoms with Crippen LogP contribution in [-0.2, 0) is 6.18 Å². The number of primary amides is 1. The van der Waals surface area contributed by atoms with E-state index < -0.39 is 29.0 Å². The van der Waals surface area contributed by atoms with Gasteiger partial charge in [0, 0.05) is 23.5 Å². The Balaban J connectivity index is 2.85. The molecule has 0 aromatic carbocycles. The van der Waals surface area contributed by atoms with Gasteiger partial charge >= 0.3 is 6.18 Å². The maximum atomic E-state index is 13.1. The van der Waals surface area contributed by atoms with Crippen molar-refractivity contribution in [1.29, 1.82) is 0 Å². The van der Waals surface area contributed by atoms with Gasteiger partial charge in [-0.1, -0.05) is 6.07 Å². The van der Waals surface area contributed by atoms with Gasteiger partial charge in [-0.2, -0.15) is 13.2 Å². The second kappa shape index (κ2) is 4.87. The number of pyridine rings is 1. The maximum absolute atomic E-state index is 13.1. The van der Waals surface area contributed by atoms with Crippen LogP contribution in [0, 0.1) is 6.92 Å².